The van der Waals surface area contributed by atoms with Crippen LogP contribution >= 0.6 is 11.6 Å². The van der Waals surface area contributed by atoms with Crippen LogP contribution in [0.25, 0.3) is 10.8 Å². The Labute approximate surface area is 147 Å². The van der Waals surface area contributed by atoms with Crippen LogP contribution in [0.1, 0.15) is 12.8 Å². The van der Waals surface area contributed by atoms with Crippen molar-refractivity contribution in [3.63, 3.8) is 0 Å². The Hall–Kier alpha value is -1.18. The maximum absolute atomic E-state index is 12.8. The van der Waals surface area contributed by atoms with Crippen molar-refractivity contribution < 1.29 is 13.2 Å². The quantitative estimate of drug-likeness (QED) is 0.822. The molecule has 1 heterocycles. The van der Waals surface area contributed by atoms with Gasteiger partial charge in [-0.25, -0.2) is 13.1 Å². The van der Waals surface area contributed by atoms with Crippen molar-refractivity contribution in [3.05, 3.63) is 41.4 Å². The van der Waals surface area contributed by atoms with E-state index in [9.17, 15) is 8.42 Å². The van der Waals surface area contributed by atoms with Crippen LogP contribution in [0.5, 0.6) is 0 Å². The van der Waals surface area contributed by atoms with Crippen LogP contribution in [0.15, 0.2) is 41.3 Å². The zero-order valence-electron chi connectivity index (χ0n) is 13.5. The number of ether oxygens (including phenoxy) is 1. The van der Waals surface area contributed by atoms with E-state index >= 15 is 0 Å². The van der Waals surface area contributed by atoms with Crippen LogP contribution in [0.4, 0.5) is 0 Å². The van der Waals surface area contributed by atoms with Gasteiger partial charge in [0.15, 0.2) is 0 Å². The molecule has 1 aliphatic heterocycles. The first-order valence-electron chi connectivity index (χ1n) is 7.88. The number of hydrogen-bond donors (Lipinski definition) is 2. The van der Waals surface area contributed by atoms with E-state index < -0.39 is 10.0 Å². The number of rotatable bonds is 6. The summed E-state index contributed by atoms with van der Waals surface area (Å²) in [5, 5.41) is 5.26. The molecule has 2 N–H and O–H groups in total. The number of benzene rings is 2. The summed E-state index contributed by atoms with van der Waals surface area (Å²) in [6, 6.07) is 10.4. The van der Waals surface area contributed by atoms with E-state index in [-0.39, 0.29) is 10.4 Å². The number of nitrogens with one attached hydrogen (secondary N) is 2. The molecular formula is C17H21ClN2O3S. The average molecular weight is 369 g/mol. The van der Waals surface area contributed by atoms with E-state index in [1.807, 2.05) is 18.2 Å². The third-order valence-electron chi connectivity index (χ3n) is 4.47. The molecule has 0 bridgehead atoms. The molecule has 3 rings (SSSR count). The average Bonchev–Trinajstić information content (AvgIpc) is 3.03. The smallest absolute Gasteiger partial charge is 0.241 e. The fraction of sp³-hybridized carbons (Fsp3) is 0.412. The van der Waals surface area contributed by atoms with Crippen LogP contribution < -0.4 is 10.0 Å². The van der Waals surface area contributed by atoms with Crippen LogP contribution in [0.3, 0.4) is 0 Å². The summed E-state index contributed by atoms with van der Waals surface area (Å²) in [6.45, 7) is 1.63. The summed E-state index contributed by atoms with van der Waals surface area (Å²) in [5.74, 6) is 0. The Kier molecular flexibility index (Phi) is 5.13. The minimum Gasteiger partial charge on any atom is -0.383 e. The molecule has 0 aliphatic carbocycles. The molecule has 1 aliphatic rings. The predicted molar refractivity (Wildman–Crippen MR) is 96.0 cm³/mol. The van der Waals surface area contributed by atoms with Gasteiger partial charge in [-0.15, -0.1) is 0 Å². The van der Waals surface area contributed by atoms with Gasteiger partial charge in [0.05, 0.1) is 17.0 Å². The molecule has 2 aromatic carbocycles. The van der Waals surface area contributed by atoms with E-state index in [1.54, 1.807) is 25.3 Å². The van der Waals surface area contributed by atoms with Gasteiger partial charge in [-0.1, -0.05) is 35.9 Å². The van der Waals surface area contributed by atoms with Gasteiger partial charge >= 0.3 is 0 Å². The highest BCUT2D eigenvalue weighted by Crippen LogP contribution is 2.29. The lowest BCUT2D eigenvalue weighted by Crippen LogP contribution is -2.52. The molecule has 0 spiro atoms. The van der Waals surface area contributed by atoms with Crippen molar-refractivity contribution in [2.45, 2.75) is 23.3 Å². The van der Waals surface area contributed by atoms with Crippen LogP contribution in [-0.4, -0.2) is 40.8 Å². The van der Waals surface area contributed by atoms with Gasteiger partial charge in [-0.2, -0.15) is 0 Å². The minimum absolute atomic E-state index is 0.244. The Morgan fingerprint density at radius 3 is 2.67 bits per heavy atom. The van der Waals surface area contributed by atoms with Crippen molar-refractivity contribution in [2.24, 2.45) is 0 Å². The SMILES string of the molecule is COCC1(CNS(=O)(=O)c2ccc(Cl)c3ccccc23)CCCN1. The second kappa shape index (κ2) is 6.98. The Balaban J connectivity index is 1.90. The molecule has 0 amide bonds. The van der Waals surface area contributed by atoms with E-state index in [2.05, 4.69) is 10.0 Å². The molecule has 1 saturated heterocycles. The van der Waals surface area contributed by atoms with Gasteiger partial charge in [0.2, 0.25) is 10.0 Å². The summed E-state index contributed by atoms with van der Waals surface area (Å²) in [5.41, 5.74) is -0.343. The van der Waals surface area contributed by atoms with Crippen molar-refractivity contribution in [3.8, 4) is 0 Å². The van der Waals surface area contributed by atoms with E-state index in [0.29, 0.717) is 23.6 Å². The topological polar surface area (TPSA) is 67.4 Å². The van der Waals surface area contributed by atoms with Gasteiger partial charge < -0.3 is 10.1 Å². The summed E-state index contributed by atoms with van der Waals surface area (Å²) in [7, 11) is -2.02. The molecule has 130 valence electrons. The number of halogens is 1. The molecule has 0 aromatic heterocycles. The van der Waals surface area contributed by atoms with E-state index in [1.165, 1.54) is 0 Å². The second-order valence-electron chi connectivity index (χ2n) is 6.16. The van der Waals surface area contributed by atoms with E-state index in [4.69, 9.17) is 16.3 Å². The fourth-order valence-electron chi connectivity index (χ4n) is 3.25. The Bertz CT molecular complexity index is 833. The summed E-state index contributed by atoms with van der Waals surface area (Å²) in [6.07, 6.45) is 1.89. The zero-order chi connectivity index (χ0) is 17.2. The van der Waals surface area contributed by atoms with Crippen LogP contribution in [0.2, 0.25) is 5.02 Å². The van der Waals surface area contributed by atoms with Crippen molar-refractivity contribution in [1.29, 1.82) is 0 Å². The van der Waals surface area contributed by atoms with Crippen molar-refractivity contribution >= 4 is 32.4 Å². The molecule has 1 unspecified atom stereocenters. The highest BCUT2D eigenvalue weighted by molar-refractivity contribution is 7.89. The minimum atomic E-state index is -3.65. The van der Waals surface area contributed by atoms with Crippen molar-refractivity contribution in [2.75, 3.05) is 26.8 Å². The van der Waals surface area contributed by atoms with Gasteiger partial charge in [-0.3, -0.25) is 0 Å². The Morgan fingerprint density at radius 1 is 1.25 bits per heavy atom. The standard InChI is InChI=1S/C17H21ClN2O3S/c1-23-12-17(9-4-10-19-17)11-20-24(21,22)16-8-7-15(18)13-5-2-3-6-14(13)16/h2-3,5-8,19-20H,4,9-12H2,1H3. The maximum atomic E-state index is 12.8. The fourth-order valence-corrected chi connectivity index (χ4v) is 4.81. The molecular weight excluding hydrogens is 348 g/mol. The molecule has 1 fully saturated rings. The zero-order valence-corrected chi connectivity index (χ0v) is 15.1. The first kappa shape index (κ1) is 17.6. The van der Waals surface area contributed by atoms with Crippen LogP contribution in [-0.2, 0) is 14.8 Å². The van der Waals surface area contributed by atoms with E-state index in [0.717, 1.165) is 24.8 Å². The molecule has 2 aromatic rings. The second-order valence-corrected chi connectivity index (χ2v) is 8.30. The number of hydrogen-bond acceptors (Lipinski definition) is 4. The summed E-state index contributed by atoms with van der Waals surface area (Å²) >= 11 is 6.18. The van der Waals surface area contributed by atoms with Gasteiger partial charge in [0.25, 0.3) is 0 Å². The summed E-state index contributed by atoms with van der Waals surface area (Å²) in [4.78, 5) is 0.244. The third-order valence-corrected chi connectivity index (χ3v) is 6.26. The maximum Gasteiger partial charge on any atom is 0.241 e. The normalized spacial score (nSPS) is 21.4. The lowest BCUT2D eigenvalue weighted by atomic mass is 9.99. The monoisotopic (exact) mass is 368 g/mol. The Morgan fingerprint density at radius 2 is 2.00 bits per heavy atom. The highest BCUT2D eigenvalue weighted by Gasteiger charge is 2.35. The predicted octanol–water partition coefficient (Wildman–Crippen LogP) is 2.54. The molecule has 24 heavy (non-hydrogen) atoms. The van der Waals surface area contributed by atoms with Crippen molar-refractivity contribution in [1.82, 2.24) is 10.0 Å². The first-order chi connectivity index (χ1) is 11.5. The number of sulfonamides is 1. The molecule has 0 saturated carbocycles. The molecule has 0 radical (unpaired) electrons. The number of fused-ring (bicyclic) bond motifs is 1. The lowest BCUT2D eigenvalue weighted by molar-refractivity contribution is 0.122. The molecule has 1 atom stereocenters. The third kappa shape index (κ3) is 3.43. The van der Waals surface area contributed by atoms with Gasteiger partial charge in [0.1, 0.15) is 0 Å². The summed E-state index contributed by atoms with van der Waals surface area (Å²) < 4.78 is 33.7. The first-order valence-corrected chi connectivity index (χ1v) is 9.74. The number of methoxy groups -OCH3 is 1. The lowest BCUT2D eigenvalue weighted by Gasteiger charge is -2.29. The van der Waals surface area contributed by atoms with Gasteiger partial charge in [-0.05, 0) is 31.5 Å². The highest BCUT2D eigenvalue weighted by atomic mass is 35.5. The molecule has 5 nitrogen and oxygen atoms in total. The molecule has 7 heteroatoms. The van der Waals surface area contributed by atoms with Crippen LogP contribution in [0, 0.1) is 0 Å². The largest absolute Gasteiger partial charge is 0.383 e. The van der Waals surface area contributed by atoms with Gasteiger partial charge in [0, 0.05) is 29.4 Å².